The Morgan fingerprint density at radius 3 is 2.65 bits per heavy atom. The molecule has 2 bridgehead atoms. The lowest BCUT2D eigenvalue weighted by Gasteiger charge is -2.23. The van der Waals surface area contributed by atoms with Crippen LogP contribution in [0.3, 0.4) is 0 Å². The average Bonchev–Trinajstić information content (AvgIpc) is 3.01. The van der Waals surface area contributed by atoms with Gasteiger partial charge in [0.1, 0.15) is 17.9 Å². The Balaban J connectivity index is 1.65. The largest absolute Gasteiger partial charge is 0.486 e. The van der Waals surface area contributed by atoms with Crippen LogP contribution < -0.4 is 10.1 Å². The van der Waals surface area contributed by atoms with Gasteiger partial charge in [-0.25, -0.2) is 0 Å². The summed E-state index contributed by atoms with van der Waals surface area (Å²) in [5, 5.41) is 2.87. The normalized spacial score (nSPS) is 22.4. The molecule has 2 aromatic rings. The summed E-state index contributed by atoms with van der Waals surface area (Å²) in [6, 6.07) is 15.9. The highest BCUT2D eigenvalue weighted by Gasteiger charge is 2.42. The molecule has 2 aliphatic heterocycles. The van der Waals surface area contributed by atoms with E-state index in [0.29, 0.717) is 30.0 Å². The molecule has 1 saturated heterocycles. The van der Waals surface area contributed by atoms with Crippen molar-refractivity contribution in [1.82, 2.24) is 4.90 Å². The van der Waals surface area contributed by atoms with Crippen molar-refractivity contribution in [3.63, 3.8) is 0 Å². The Bertz CT molecular complexity index is 760. The van der Waals surface area contributed by atoms with Crippen LogP contribution in [-0.2, 0) is 4.79 Å². The van der Waals surface area contributed by atoms with Crippen LogP contribution in [0.4, 0.5) is 5.69 Å². The van der Waals surface area contributed by atoms with Crippen LogP contribution in [0.5, 0.6) is 5.75 Å². The van der Waals surface area contributed by atoms with Crippen molar-refractivity contribution in [2.75, 3.05) is 11.9 Å². The van der Waals surface area contributed by atoms with Crippen molar-refractivity contribution in [3.05, 3.63) is 60.2 Å². The highest BCUT2D eigenvalue weighted by Crippen LogP contribution is 2.33. The quantitative estimate of drug-likeness (QED) is 0.879. The Labute approximate surface area is 133 Å². The molecule has 0 aliphatic carbocycles. The SMILES string of the molecule is O=C1Nc2ccccc2OC2CC1N(C(=O)c1ccccc1)C2. The molecule has 23 heavy (non-hydrogen) atoms. The molecule has 2 amide bonds. The van der Waals surface area contributed by atoms with Crippen LogP contribution in [0.2, 0.25) is 0 Å². The number of nitrogens with one attached hydrogen (secondary N) is 1. The summed E-state index contributed by atoms with van der Waals surface area (Å²) in [6.07, 6.45) is 0.346. The van der Waals surface area contributed by atoms with E-state index in [1.165, 1.54) is 0 Å². The maximum atomic E-state index is 12.7. The summed E-state index contributed by atoms with van der Waals surface area (Å²) >= 11 is 0. The third-order valence-electron chi connectivity index (χ3n) is 4.29. The van der Waals surface area contributed by atoms with Crippen LogP contribution in [-0.4, -0.2) is 35.4 Å². The summed E-state index contributed by atoms with van der Waals surface area (Å²) in [7, 11) is 0. The third-order valence-corrected chi connectivity index (χ3v) is 4.29. The van der Waals surface area contributed by atoms with Crippen molar-refractivity contribution in [2.24, 2.45) is 0 Å². The Morgan fingerprint density at radius 2 is 1.83 bits per heavy atom. The second kappa shape index (κ2) is 5.43. The molecule has 5 heteroatoms. The summed E-state index contributed by atoms with van der Waals surface area (Å²) in [6.45, 7) is 0.417. The fourth-order valence-electron chi connectivity index (χ4n) is 3.17. The molecule has 0 aromatic heterocycles. The highest BCUT2D eigenvalue weighted by atomic mass is 16.5. The lowest BCUT2D eigenvalue weighted by atomic mass is 10.1. The zero-order chi connectivity index (χ0) is 15.8. The summed E-state index contributed by atoms with van der Waals surface area (Å²) in [5.41, 5.74) is 1.24. The molecule has 2 atom stereocenters. The predicted octanol–water partition coefficient (Wildman–Crippen LogP) is 2.30. The number of amides is 2. The maximum absolute atomic E-state index is 12.7. The summed E-state index contributed by atoms with van der Waals surface area (Å²) in [4.78, 5) is 26.9. The number of rotatable bonds is 1. The second-order valence-electron chi connectivity index (χ2n) is 5.80. The molecule has 2 unspecified atom stereocenters. The molecular weight excluding hydrogens is 292 g/mol. The first-order chi connectivity index (χ1) is 11.2. The van der Waals surface area contributed by atoms with Gasteiger partial charge in [0, 0.05) is 12.0 Å². The molecule has 4 rings (SSSR count). The number of carbonyl (C=O) groups is 2. The van der Waals surface area contributed by atoms with Crippen LogP contribution in [0.15, 0.2) is 54.6 Å². The van der Waals surface area contributed by atoms with E-state index < -0.39 is 6.04 Å². The molecule has 0 saturated carbocycles. The number of carbonyl (C=O) groups excluding carboxylic acids is 2. The number of fused-ring (bicyclic) bond motifs is 3. The van der Waals surface area contributed by atoms with Gasteiger partial charge in [0.15, 0.2) is 0 Å². The molecule has 2 aliphatic rings. The van der Waals surface area contributed by atoms with Gasteiger partial charge in [-0.15, -0.1) is 0 Å². The van der Waals surface area contributed by atoms with E-state index in [-0.39, 0.29) is 17.9 Å². The smallest absolute Gasteiger partial charge is 0.254 e. The lowest BCUT2D eigenvalue weighted by Crippen LogP contribution is -2.43. The van der Waals surface area contributed by atoms with Crippen molar-refractivity contribution >= 4 is 17.5 Å². The van der Waals surface area contributed by atoms with Crippen molar-refractivity contribution in [3.8, 4) is 5.75 Å². The van der Waals surface area contributed by atoms with Gasteiger partial charge < -0.3 is 15.0 Å². The third kappa shape index (κ3) is 2.44. The molecule has 5 nitrogen and oxygen atoms in total. The van der Waals surface area contributed by atoms with E-state index in [9.17, 15) is 9.59 Å². The molecule has 116 valence electrons. The molecular formula is C18H16N2O3. The molecule has 2 aromatic carbocycles. The number of para-hydroxylation sites is 2. The molecule has 0 radical (unpaired) electrons. The molecule has 1 fully saturated rings. The average molecular weight is 308 g/mol. The van der Waals surface area contributed by atoms with Crippen molar-refractivity contribution < 1.29 is 14.3 Å². The van der Waals surface area contributed by atoms with Gasteiger partial charge in [0.05, 0.1) is 12.2 Å². The van der Waals surface area contributed by atoms with Crippen LogP contribution in [0, 0.1) is 0 Å². The van der Waals surface area contributed by atoms with E-state index in [1.807, 2.05) is 36.4 Å². The van der Waals surface area contributed by atoms with E-state index in [1.54, 1.807) is 23.1 Å². The van der Waals surface area contributed by atoms with Crippen LogP contribution >= 0.6 is 0 Å². The van der Waals surface area contributed by atoms with Gasteiger partial charge >= 0.3 is 0 Å². The molecule has 1 N–H and O–H groups in total. The fraction of sp³-hybridized carbons (Fsp3) is 0.222. The van der Waals surface area contributed by atoms with Gasteiger partial charge in [0.2, 0.25) is 5.91 Å². The minimum absolute atomic E-state index is 0.136. The standard InChI is InChI=1S/C18H16N2O3/c21-17-15-10-13(23-16-9-5-4-8-14(16)19-17)11-20(15)18(22)12-6-2-1-3-7-12/h1-9,13,15H,10-11H2,(H,19,21). The van der Waals surface area contributed by atoms with Crippen molar-refractivity contribution in [2.45, 2.75) is 18.6 Å². The van der Waals surface area contributed by atoms with Gasteiger partial charge in [-0.05, 0) is 24.3 Å². The van der Waals surface area contributed by atoms with E-state index in [0.717, 1.165) is 0 Å². The van der Waals surface area contributed by atoms with E-state index in [2.05, 4.69) is 5.32 Å². The van der Waals surface area contributed by atoms with Gasteiger partial charge in [-0.3, -0.25) is 9.59 Å². The Morgan fingerprint density at radius 1 is 1.09 bits per heavy atom. The summed E-state index contributed by atoms with van der Waals surface area (Å²) in [5.74, 6) is 0.355. The van der Waals surface area contributed by atoms with Crippen LogP contribution in [0.1, 0.15) is 16.8 Å². The zero-order valence-electron chi connectivity index (χ0n) is 12.4. The van der Waals surface area contributed by atoms with Crippen LogP contribution in [0.25, 0.3) is 0 Å². The Hall–Kier alpha value is -2.82. The number of hydrogen-bond donors (Lipinski definition) is 1. The first-order valence-electron chi connectivity index (χ1n) is 7.65. The Kier molecular flexibility index (Phi) is 3.26. The molecule has 0 spiro atoms. The summed E-state index contributed by atoms with van der Waals surface area (Å²) < 4.78 is 5.98. The van der Waals surface area contributed by atoms with Gasteiger partial charge in [0.25, 0.3) is 5.91 Å². The zero-order valence-corrected chi connectivity index (χ0v) is 12.4. The highest BCUT2D eigenvalue weighted by molar-refractivity contribution is 6.02. The monoisotopic (exact) mass is 308 g/mol. The fourth-order valence-corrected chi connectivity index (χ4v) is 3.17. The number of benzene rings is 2. The number of likely N-dealkylation sites (tertiary alicyclic amines) is 1. The minimum atomic E-state index is -0.499. The van der Waals surface area contributed by atoms with Gasteiger partial charge in [-0.1, -0.05) is 30.3 Å². The minimum Gasteiger partial charge on any atom is -0.486 e. The predicted molar refractivity (Wildman–Crippen MR) is 85.4 cm³/mol. The van der Waals surface area contributed by atoms with Gasteiger partial charge in [-0.2, -0.15) is 0 Å². The van der Waals surface area contributed by atoms with Crippen molar-refractivity contribution in [1.29, 1.82) is 0 Å². The van der Waals surface area contributed by atoms with E-state index >= 15 is 0 Å². The number of nitrogens with zero attached hydrogens (tertiary/aromatic N) is 1. The second-order valence-corrected chi connectivity index (χ2v) is 5.80. The molecule has 2 heterocycles. The number of hydrogen-bond acceptors (Lipinski definition) is 3. The maximum Gasteiger partial charge on any atom is 0.254 e. The first kappa shape index (κ1) is 13.8. The number of ether oxygens (including phenoxy) is 1. The lowest BCUT2D eigenvalue weighted by molar-refractivity contribution is -0.119. The topological polar surface area (TPSA) is 58.6 Å². The number of anilines is 1. The van der Waals surface area contributed by atoms with E-state index in [4.69, 9.17) is 4.74 Å². The first-order valence-corrected chi connectivity index (χ1v) is 7.65.